The van der Waals surface area contributed by atoms with Crippen LogP contribution < -0.4 is 5.32 Å². The van der Waals surface area contributed by atoms with E-state index in [1.165, 1.54) is 11.8 Å². The van der Waals surface area contributed by atoms with Crippen LogP contribution in [-0.2, 0) is 11.2 Å². The van der Waals surface area contributed by atoms with E-state index in [2.05, 4.69) is 17.4 Å². The van der Waals surface area contributed by atoms with Crippen LogP contribution in [0, 0.1) is 6.92 Å². The van der Waals surface area contributed by atoms with E-state index in [0.717, 1.165) is 33.2 Å². The zero-order chi connectivity index (χ0) is 19.3. The van der Waals surface area contributed by atoms with Crippen molar-refractivity contribution in [2.75, 3.05) is 11.1 Å². The fourth-order valence-corrected chi connectivity index (χ4v) is 3.80. The van der Waals surface area contributed by atoms with Crippen molar-refractivity contribution in [3.63, 3.8) is 0 Å². The van der Waals surface area contributed by atoms with E-state index < -0.39 is 0 Å². The first-order valence-corrected chi connectivity index (χ1v) is 10.2. The number of thioether (sulfide) groups is 1. The van der Waals surface area contributed by atoms with Crippen molar-refractivity contribution in [1.82, 2.24) is 9.38 Å². The average Bonchev–Trinajstić information content (AvgIpc) is 3.04. The molecule has 28 heavy (non-hydrogen) atoms. The summed E-state index contributed by atoms with van der Waals surface area (Å²) < 4.78 is 1.97. The number of rotatable bonds is 6. The van der Waals surface area contributed by atoms with E-state index >= 15 is 0 Å². The third-order valence-electron chi connectivity index (χ3n) is 4.42. The summed E-state index contributed by atoms with van der Waals surface area (Å²) in [4.78, 5) is 18.5. The predicted octanol–water partition coefficient (Wildman–Crippen LogP) is 4.96. The molecule has 0 saturated heterocycles. The molecule has 2 aromatic carbocycles. The fraction of sp³-hybridized carbons (Fsp3) is 0.130. The largest absolute Gasteiger partial charge is 0.310 e. The number of aryl methyl sites for hydroxylation is 1. The number of amides is 1. The fourth-order valence-electron chi connectivity index (χ4n) is 3.08. The summed E-state index contributed by atoms with van der Waals surface area (Å²) >= 11 is 1.53. The minimum absolute atomic E-state index is 0.0357. The minimum atomic E-state index is -0.0357. The summed E-state index contributed by atoms with van der Waals surface area (Å²) in [5.41, 5.74) is 3.99. The first kappa shape index (κ1) is 18.3. The van der Waals surface area contributed by atoms with Crippen LogP contribution >= 0.6 is 11.8 Å². The Labute approximate surface area is 168 Å². The summed E-state index contributed by atoms with van der Waals surface area (Å²) in [6.07, 6.45) is 2.68. The number of aromatic nitrogens is 2. The van der Waals surface area contributed by atoms with Crippen molar-refractivity contribution in [2.45, 2.75) is 18.2 Å². The van der Waals surface area contributed by atoms with Gasteiger partial charge in [0.1, 0.15) is 11.5 Å². The molecule has 0 saturated carbocycles. The maximum atomic E-state index is 12.6. The molecule has 0 atom stereocenters. The molecule has 4 nitrogen and oxygen atoms in total. The van der Waals surface area contributed by atoms with Gasteiger partial charge in [-0.25, -0.2) is 4.98 Å². The van der Waals surface area contributed by atoms with E-state index in [0.29, 0.717) is 12.2 Å². The van der Waals surface area contributed by atoms with Crippen LogP contribution in [0.3, 0.4) is 0 Å². The third-order valence-corrected chi connectivity index (χ3v) is 5.44. The number of pyridine rings is 1. The molecule has 1 amide bonds. The molecule has 0 bridgehead atoms. The molecule has 0 spiro atoms. The zero-order valence-electron chi connectivity index (χ0n) is 15.6. The van der Waals surface area contributed by atoms with Gasteiger partial charge in [0.05, 0.1) is 11.4 Å². The summed E-state index contributed by atoms with van der Waals surface area (Å²) in [6, 6.07) is 24.2. The molecule has 140 valence electrons. The Balaban J connectivity index is 1.59. The lowest BCUT2D eigenvalue weighted by molar-refractivity contribution is -0.113. The van der Waals surface area contributed by atoms with Gasteiger partial charge in [0.25, 0.3) is 0 Å². The molecule has 4 aromatic rings. The normalized spacial score (nSPS) is 10.9. The molecular formula is C23H21N3OS. The summed E-state index contributed by atoms with van der Waals surface area (Å²) in [7, 11) is 0. The lowest BCUT2D eigenvalue weighted by Crippen LogP contribution is -2.16. The second-order valence-electron chi connectivity index (χ2n) is 6.65. The quantitative estimate of drug-likeness (QED) is 0.476. The number of hydrogen-bond acceptors (Lipinski definition) is 3. The van der Waals surface area contributed by atoms with Crippen LogP contribution in [-0.4, -0.2) is 21.0 Å². The third kappa shape index (κ3) is 4.26. The van der Waals surface area contributed by atoms with E-state index in [9.17, 15) is 4.79 Å². The van der Waals surface area contributed by atoms with Crippen LogP contribution in [0.2, 0.25) is 0 Å². The Hall–Kier alpha value is -3.05. The standard InChI is InChI=1S/C23H21N3OS/c1-17-12-13-21-24-20(14-18-8-4-2-5-9-18)23(26(21)15-17)25-22(27)16-28-19-10-6-3-7-11-19/h2-13,15H,14,16H2,1H3,(H,25,27). The van der Waals surface area contributed by atoms with Crippen molar-refractivity contribution >= 4 is 29.1 Å². The number of fused-ring (bicyclic) bond motifs is 1. The molecule has 0 aliphatic carbocycles. The monoisotopic (exact) mass is 387 g/mol. The number of nitrogens with one attached hydrogen (secondary N) is 1. The Kier molecular flexibility index (Phi) is 5.44. The molecule has 0 aliphatic rings. The van der Waals surface area contributed by atoms with Crippen molar-refractivity contribution in [3.05, 3.63) is 95.8 Å². The van der Waals surface area contributed by atoms with Crippen LogP contribution in [0.4, 0.5) is 5.82 Å². The van der Waals surface area contributed by atoms with Crippen LogP contribution in [0.5, 0.6) is 0 Å². The Bertz CT molecular complexity index is 1090. The highest BCUT2D eigenvalue weighted by Crippen LogP contribution is 2.23. The number of benzene rings is 2. The summed E-state index contributed by atoms with van der Waals surface area (Å²) in [5, 5.41) is 3.09. The van der Waals surface area contributed by atoms with E-state index in [-0.39, 0.29) is 5.91 Å². The Morgan fingerprint density at radius 2 is 1.71 bits per heavy atom. The average molecular weight is 388 g/mol. The number of carbonyl (C=O) groups excluding carboxylic acids is 1. The van der Waals surface area contributed by atoms with Gasteiger partial charge in [-0.05, 0) is 36.2 Å². The van der Waals surface area contributed by atoms with Gasteiger partial charge in [0, 0.05) is 17.5 Å². The molecule has 2 heterocycles. The molecule has 2 aromatic heterocycles. The lowest BCUT2D eigenvalue weighted by atomic mass is 10.1. The SMILES string of the molecule is Cc1ccc2nc(Cc3ccccc3)c(NC(=O)CSc3ccccc3)n2c1. The maximum Gasteiger partial charge on any atom is 0.235 e. The molecule has 0 aliphatic heterocycles. The molecular weight excluding hydrogens is 366 g/mol. The van der Waals surface area contributed by atoms with E-state index in [1.54, 1.807) is 0 Å². The van der Waals surface area contributed by atoms with Crippen molar-refractivity contribution in [1.29, 1.82) is 0 Å². The number of carbonyl (C=O) groups is 1. The first-order valence-electron chi connectivity index (χ1n) is 9.18. The van der Waals surface area contributed by atoms with Gasteiger partial charge in [0.15, 0.2) is 0 Å². The van der Waals surface area contributed by atoms with Crippen molar-refractivity contribution in [3.8, 4) is 0 Å². The van der Waals surface area contributed by atoms with Crippen LogP contribution in [0.15, 0.2) is 83.9 Å². The highest BCUT2D eigenvalue weighted by atomic mass is 32.2. The molecule has 0 unspecified atom stereocenters. The van der Waals surface area contributed by atoms with E-state index in [4.69, 9.17) is 4.98 Å². The minimum Gasteiger partial charge on any atom is -0.310 e. The summed E-state index contributed by atoms with van der Waals surface area (Å²) in [5.74, 6) is 1.07. The Morgan fingerprint density at radius 3 is 2.46 bits per heavy atom. The number of hydrogen-bond donors (Lipinski definition) is 1. The zero-order valence-corrected chi connectivity index (χ0v) is 16.4. The lowest BCUT2D eigenvalue weighted by Gasteiger charge is -2.08. The van der Waals surface area contributed by atoms with Gasteiger partial charge in [-0.2, -0.15) is 0 Å². The Morgan fingerprint density at radius 1 is 1.00 bits per heavy atom. The van der Waals surface area contributed by atoms with Gasteiger partial charge in [-0.1, -0.05) is 54.6 Å². The number of nitrogens with zero attached hydrogens (tertiary/aromatic N) is 2. The number of imidazole rings is 1. The van der Waals surface area contributed by atoms with E-state index in [1.807, 2.05) is 78.2 Å². The molecule has 0 radical (unpaired) electrons. The molecule has 5 heteroatoms. The second kappa shape index (κ2) is 8.31. The van der Waals surface area contributed by atoms with Gasteiger partial charge in [-0.3, -0.25) is 9.20 Å². The molecule has 1 N–H and O–H groups in total. The summed E-state index contributed by atoms with van der Waals surface area (Å²) in [6.45, 7) is 2.03. The van der Waals surface area contributed by atoms with Gasteiger partial charge < -0.3 is 5.32 Å². The van der Waals surface area contributed by atoms with Gasteiger partial charge in [0.2, 0.25) is 5.91 Å². The van der Waals surface area contributed by atoms with Gasteiger partial charge >= 0.3 is 0 Å². The predicted molar refractivity (Wildman–Crippen MR) is 115 cm³/mol. The number of anilines is 1. The molecule has 4 rings (SSSR count). The van der Waals surface area contributed by atoms with Crippen molar-refractivity contribution < 1.29 is 4.79 Å². The van der Waals surface area contributed by atoms with Crippen LogP contribution in [0.1, 0.15) is 16.8 Å². The second-order valence-corrected chi connectivity index (χ2v) is 7.70. The highest BCUT2D eigenvalue weighted by Gasteiger charge is 2.15. The van der Waals surface area contributed by atoms with Gasteiger partial charge in [-0.15, -0.1) is 11.8 Å². The molecule has 0 fully saturated rings. The van der Waals surface area contributed by atoms with Crippen molar-refractivity contribution in [2.24, 2.45) is 0 Å². The topological polar surface area (TPSA) is 46.4 Å². The van der Waals surface area contributed by atoms with Crippen LogP contribution in [0.25, 0.3) is 5.65 Å². The highest BCUT2D eigenvalue weighted by molar-refractivity contribution is 8.00. The smallest absolute Gasteiger partial charge is 0.235 e. The first-order chi connectivity index (χ1) is 13.7. The maximum absolute atomic E-state index is 12.6.